The molecule has 2 amide bonds. The van der Waals surface area contributed by atoms with Crippen molar-refractivity contribution in [3.63, 3.8) is 0 Å². The molecular weight excluding hydrogens is 280 g/mol. The lowest BCUT2D eigenvalue weighted by Crippen LogP contribution is -2.53. The molecule has 0 bridgehead atoms. The van der Waals surface area contributed by atoms with Gasteiger partial charge in [-0.1, -0.05) is 26.0 Å². The smallest absolute Gasteiger partial charge is 0.262 e. The molecule has 114 valence electrons. The van der Waals surface area contributed by atoms with Gasteiger partial charge in [-0.15, -0.1) is 0 Å². The predicted molar refractivity (Wildman–Crippen MR) is 83.7 cm³/mol. The standard InChI is InChI=1S/C16H18N4O2/c1-10(2)14-15(21)18-12-6-4-5-7-13(12)20(14)16(22)11-8-17-19(3)9-11/h4-10,14H,1-3H3,(H,18,21). The summed E-state index contributed by atoms with van der Waals surface area (Å²) in [6, 6.07) is 6.80. The molecule has 1 atom stereocenters. The molecule has 0 radical (unpaired) electrons. The summed E-state index contributed by atoms with van der Waals surface area (Å²) in [6.45, 7) is 3.86. The highest BCUT2D eigenvalue weighted by Crippen LogP contribution is 2.35. The molecule has 1 aliphatic rings. The monoisotopic (exact) mass is 298 g/mol. The molecule has 3 rings (SSSR count). The van der Waals surface area contributed by atoms with E-state index in [0.29, 0.717) is 11.3 Å². The molecule has 6 heteroatoms. The van der Waals surface area contributed by atoms with E-state index in [-0.39, 0.29) is 17.7 Å². The van der Waals surface area contributed by atoms with E-state index in [4.69, 9.17) is 0 Å². The zero-order valence-electron chi connectivity index (χ0n) is 12.8. The van der Waals surface area contributed by atoms with Crippen molar-refractivity contribution in [2.24, 2.45) is 13.0 Å². The Morgan fingerprint density at radius 2 is 2.05 bits per heavy atom. The van der Waals surface area contributed by atoms with E-state index in [1.807, 2.05) is 32.0 Å². The Morgan fingerprint density at radius 1 is 1.32 bits per heavy atom. The van der Waals surface area contributed by atoms with Crippen LogP contribution in [0.2, 0.25) is 0 Å². The zero-order valence-corrected chi connectivity index (χ0v) is 12.8. The SMILES string of the molecule is CC(C)C1C(=O)Nc2ccccc2N1C(=O)c1cnn(C)c1. The number of benzene rings is 1. The molecule has 2 aromatic rings. The minimum Gasteiger partial charge on any atom is -0.322 e. The summed E-state index contributed by atoms with van der Waals surface area (Å²) in [5.41, 5.74) is 1.84. The van der Waals surface area contributed by atoms with Crippen molar-refractivity contribution in [2.75, 3.05) is 10.2 Å². The predicted octanol–water partition coefficient (Wildman–Crippen LogP) is 2.04. The Labute approximate surface area is 128 Å². The van der Waals surface area contributed by atoms with Crippen molar-refractivity contribution in [1.29, 1.82) is 0 Å². The molecule has 22 heavy (non-hydrogen) atoms. The van der Waals surface area contributed by atoms with E-state index < -0.39 is 6.04 Å². The molecule has 2 heterocycles. The number of hydrogen-bond donors (Lipinski definition) is 1. The first-order valence-electron chi connectivity index (χ1n) is 7.21. The fourth-order valence-corrected chi connectivity index (χ4v) is 2.77. The van der Waals surface area contributed by atoms with Crippen LogP contribution in [0, 0.1) is 5.92 Å². The quantitative estimate of drug-likeness (QED) is 0.922. The van der Waals surface area contributed by atoms with Gasteiger partial charge < -0.3 is 5.32 Å². The van der Waals surface area contributed by atoms with Gasteiger partial charge in [-0.2, -0.15) is 5.10 Å². The van der Waals surface area contributed by atoms with Gasteiger partial charge in [0.2, 0.25) is 5.91 Å². The fourth-order valence-electron chi connectivity index (χ4n) is 2.77. The molecule has 0 spiro atoms. The lowest BCUT2D eigenvalue weighted by molar-refractivity contribution is -0.118. The average molecular weight is 298 g/mol. The van der Waals surface area contributed by atoms with Crippen LogP contribution in [0.5, 0.6) is 0 Å². The molecular formula is C16H18N4O2. The van der Waals surface area contributed by atoms with Crippen molar-refractivity contribution in [3.05, 3.63) is 42.2 Å². The number of hydrogen-bond acceptors (Lipinski definition) is 3. The number of anilines is 2. The number of carbonyl (C=O) groups excluding carboxylic acids is 2. The summed E-state index contributed by atoms with van der Waals surface area (Å²) in [6.07, 6.45) is 3.18. The molecule has 6 nitrogen and oxygen atoms in total. The molecule has 0 saturated heterocycles. The normalized spacial score (nSPS) is 17.4. The van der Waals surface area contributed by atoms with Crippen molar-refractivity contribution in [3.8, 4) is 0 Å². The Bertz CT molecular complexity index is 735. The first-order chi connectivity index (χ1) is 10.5. The Morgan fingerprint density at radius 3 is 2.68 bits per heavy atom. The number of fused-ring (bicyclic) bond motifs is 1. The first kappa shape index (κ1) is 14.3. The van der Waals surface area contributed by atoms with E-state index in [0.717, 1.165) is 5.69 Å². The molecule has 1 aliphatic heterocycles. The van der Waals surface area contributed by atoms with E-state index >= 15 is 0 Å². The summed E-state index contributed by atoms with van der Waals surface area (Å²) in [5.74, 6) is -0.381. The number of amides is 2. The van der Waals surface area contributed by atoms with Crippen LogP contribution in [-0.2, 0) is 11.8 Å². The number of aryl methyl sites for hydroxylation is 1. The maximum atomic E-state index is 12.9. The van der Waals surface area contributed by atoms with Gasteiger partial charge in [0.25, 0.3) is 5.91 Å². The molecule has 1 N–H and O–H groups in total. The van der Waals surface area contributed by atoms with Crippen LogP contribution in [0.15, 0.2) is 36.7 Å². The second-order valence-corrected chi connectivity index (χ2v) is 5.77. The highest BCUT2D eigenvalue weighted by molar-refractivity contribution is 6.16. The second-order valence-electron chi connectivity index (χ2n) is 5.77. The third-order valence-electron chi connectivity index (χ3n) is 3.77. The fraction of sp³-hybridized carbons (Fsp3) is 0.312. The molecule has 1 aromatic heterocycles. The zero-order chi connectivity index (χ0) is 15.9. The highest BCUT2D eigenvalue weighted by atomic mass is 16.2. The topological polar surface area (TPSA) is 67.2 Å². The van der Waals surface area contributed by atoms with Gasteiger partial charge in [0.15, 0.2) is 0 Å². The van der Waals surface area contributed by atoms with Crippen molar-refractivity contribution in [2.45, 2.75) is 19.9 Å². The number of carbonyl (C=O) groups is 2. The van der Waals surface area contributed by atoms with Gasteiger partial charge in [0.1, 0.15) is 6.04 Å². The van der Waals surface area contributed by atoms with Crippen LogP contribution in [0.3, 0.4) is 0 Å². The Hall–Kier alpha value is -2.63. The molecule has 1 unspecified atom stereocenters. The Kier molecular flexibility index (Phi) is 3.44. The average Bonchev–Trinajstić information content (AvgIpc) is 2.91. The number of aromatic nitrogens is 2. The van der Waals surface area contributed by atoms with Crippen LogP contribution in [0.4, 0.5) is 11.4 Å². The second kappa shape index (κ2) is 5.29. The summed E-state index contributed by atoms with van der Waals surface area (Å²) in [4.78, 5) is 26.9. The van der Waals surface area contributed by atoms with Crippen LogP contribution in [0.25, 0.3) is 0 Å². The van der Waals surface area contributed by atoms with Gasteiger partial charge in [-0.25, -0.2) is 0 Å². The number of nitrogens with one attached hydrogen (secondary N) is 1. The van der Waals surface area contributed by atoms with Crippen molar-refractivity contribution >= 4 is 23.2 Å². The van der Waals surface area contributed by atoms with Crippen molar-refractivity contribution in [1.82, 2.24) is 9.78 Å². The van der Waals surface area contributed by atoms with Gasteiger partial charge in [0, 0.05) is 13.2 Å². The van der Waals surface area contributed by atoms with Gasteiger partial charge in [-0.05, 0) is 18.1 Å². The van der Waals surface area contributed by atoms with E-state index in [1.54, 1.807) is 28.9 Å². The molecule has 1 aromatic carbocycles. The molecule has 0 saturated carbocycles. The summed E-state index contributed by atoms with van der Waals surface area (Å²) in [7, 11) is 1.76. The number of rotatable bonds is 2. The maximum Gasteiger partial charge on any atom is 0.262 e. The molecule has 0 fully saturated rings. The number of para-hydroxylation sites is 2. The number of nitrogens with zero attached hydrogens (tertiary/aromatic N) is 3. The van der Waals surface area contributed by atoms with Crippen LogP contribution < -0.4 is 10.2 Å². The van der Waals surface area contributed by atoms with Gasteiger partial charge >= 0.3 is 0 Å². The molecule has 0 aliphatic carbocycles. The maximum absolute atomic E-state index is 12.9. The van der Waals surface area contributed by atoms with E-state index in [2.05, 4.69) is 10.4 Å². The van der Waals surface area contributed by atoms with Gasteiger partial charge in [-0.3, -0.25) is 19.2 Å². The summed E-state index contributed by atoms with van der Waals surface area (Å²) >= 11 is 0. The highest BCUT2D eigenvalue weighted by Gasteiger charge is 2.39. The minimum absolute atomic E-state index is 0.00558. The Balaban J connectivity index is 2.11. The van der Waals surface area contributed by atoms with Crippen LogP contribution in [-0.4, -0.2) is 27.6 Å². The third kappa shape index (κ3) is 2.26. The third-order valence-corrected chi connectivity index (χ3v) is 3.77. The van der Waals surface area contributed by atoms with Crippen LogP contribution in [0.1, 0.15) is 24.2 Å². The summed E-state index contributed by atoms with van der Waals surface area (Å²) in [5, 5.41) is 6.93. The van der Waals surface area contributed by atoms with Crippen molar-refractivity contribution < 1.29 is 9.59 Å². The van der Waals surface area contributed by atoms with E-state index in [9.17, 15) is 9.59 Å². The summed E-state index contributed by atoms with van der Waals surface area (Å²) < 4.78 is 1.58. The first-order valence-corrected chi connectivity index (χ1v) is 7.21. The van der Waals surface area contributed by atoms with E-state index in [1.165, 1.54) is 6.20 Å². The lowest BCUT2D eigenvalue weighted by Gasteiger charge is -2.38. The van der Waals surface area contributed by atoms with Gasteiger partial charge in [0.05, 0.1) is 23.1 Å². The minimum atomic E-state index is -0.539. The lowest BCUT2D eigenvalue weighted by atomic mass is 9.97. The van der Waals surface area contributed by atoms with Crippen LogP contribution >= 0.6 is 0 Å². The largest absolute Gasteiger partial charge is 0.322 e.